The summed E-state index contributed by atoms with van der Waals surface area (Å²) in [6, 6.07) is 6.50. The smallest absolute Gasteiger partial charge is 0.124 e. The molecule has 84 valence electrons. The Hall–Kier alpha value is -0.800. The molecule has 0 N–H and O–H groups in total. The Morgan fingerprint density at radius 1 is 1.25 bits per heavy atom. The van der Waals surface area contributed by atoms with Crippen LogP contribution in [0.3, 0.4) is 0 Å². The minimum absolute atomic E-state index is 0.772. The molecule has 0 aliphatic carbocycles. The minimum Gasteiger partial charge on any atom is -0.241 e. The highest BCUT2D eigenvalue weighted by Crippen LogP contribution is 2.31. The quantitative estimate of drug-likeness (QED) is 0.788. The van der Waals surface area contributed by atoms with Crippen LogP contribution in [-0.4, -0.2) is 4.98 Å². The van der Waals surface area contributed by atoms with Crippen molar-refractivity contribution >= 4 is 24.0 Å². The number of hydrogen-bond donors (Lipinski definition) is 1. The highest BCUT2D eigenvalue weighted by atomic mass is 32.1. The summed E-state index contributed by atoms with van der Waals surface area (Å²) in [5.74, 6) is 0.772. The fourth-order valence-corrected chi connectivity index (χ4v) is 3.08. The van der Waals surface area contributed by atoms with E-state index in [1.807, 2.05) is 0 Å². The fraction of sp³-hybridized carbons (Fsp3) is 0.308. The van der Waals surface area contributed by atoms with Gasteiger partial charge in [0.25, 0.3) is 0 Å². The van der Waals surface area contributed by atoms with Gasteiger partial charge in [-0.2, -0.15) is 12.6 Å². The van der Waals surface area contributed by atoms with Gasteiger partial charge in [-0.25, -0.2) is 4.98 Å². The van der Waals surface area contributed by atoms with Crippen LogP contribution in [0.5, 0.6) is 0 Å². The zero-order chi connectivity index (χ0) is 11.7. The molecule has 0 atom stereocenters. The predicted molar refractivity (Wildman–Crippen MR) is 74.5 cm³/mol. The molecule has 2 rings (SSSR count). The van der Waals surface area contributed by atoms with Crippen LogP contribution < -0.4 is 0 Å². The van der Waals surface area contributed by atoms with Gasteiger partial charge in [0.2, 0.25) is 0 Å². The summed E-state index contributed by atoms with van der Waals surface area (Å²) in [6.07, 6.45) is 0. The highest BCUT2D eigenvalue weighted by Gasteiger charge is 2.10. The van der Waals surface area contributed by atoms with Crippen LogP contribution in [0.4, 0.5) is 0 Å². The van der Waals surface area contributed by atoms with Crippen molar-refractivity contribution in [1.29, 1.82) is 0 Å². The third kappa shape index (κ3) is 2.15. The number of aromatic nitrogens is 1. The Balaban J connectivity index is 2.53. The first-order valence-corrected chi connectivity index (χ1v) is 6.71. The molecule has 1 aromatic carbocycles. The van der Waals surface area contributed by atoms with Gasteiger partial charge in [0.15, 0.2) is 0 Å². The maximum Gasteiger partial charge on any atom is 0.124 e. The molecule has 3 heteroatoms. The van der Waals surface area contributed by atoms with E-state index in [-0.39, 0.29) is 0 Å². The van der Waals surface area contributed by atoms with Gasteiger partial charge in [-0.3, -0.25) is 0 Å². The number of benzene rings is 1. The van der Waals surface area contributed by atoms with Gasteiger partial charge in [0.05, 0.1) is 5.69 Å². The molecule has 0 aliphatic heterocycles. The van der Waals surface area contributed by atoms with Gasteiger partial charge >= 0.3 is 0 Å². The first-order chi connectivity index (χ1) is 7.61. The lowest BCUT2D eigenvalue weighted by Crippen LogP contribution is -1.84. The predicted octanol–water partition coefficient (Wildman–Crippen LogP) is 4.17. The molecule has 0 amide bonds. The molecule has 0 spiro atoms. The van der Waals surface area contributed by atoms with E-state index in [0.717, 1.165) is 16.5 Å². The maximum absolute atomic E-state index is 4.62. The summed E-state index contributed by atoms with van der Waals surface area (Å²) in [4.78, 5) is 5.89. The normalized spacial score (nSPS) is 10.8. The van der Waals surface area contributed by atoms with Crippen molar-refractivity contribution in [3.63, 3.8) is 0 Å². The lowest BCUT2D eigenvalue weighted by Gasteiger charge is -2.03. The molecule has 16 heavy (non-hydrogen) atoms. The zero-order valence-electron chi connectivity index (χ0n) is 9.74. The summed E-state index contributed by atoms with van der Waals surface area (Å²) >= 11 is 6.07. The number of thiol groups is 1. The van der Waals surface area contributed by atoms with Gasteiger partial charge in [-0.1, -0.05) is 17.7 Å². The lowest BCUT2D eigenvalue weighted by atomic mass is 10.1. The van der Waals surface area contributed by atoms with Crippen LogP contribution in [-0.2, 0) is 5.75 Å². The third-order valence-corrected chi connectivity index (χ3v) is 4.38. The van der Waals surface area contributed by atoms with Crippen LogP contribution in [0.2, 0.25) is 0 Å². The van der Waals surface area contributed by atoms with Crippen molar-refractivity contribution in [2.45, 2.75) is 26.5 Å². The average Bonchev–Trinajstić information content (AvgIpc) is 2.63. The van der Waals surface area contributed by atoms with E-state index in [1.54, 1.807) is 11.3 Å². The van der Waals surface area contributed by atoms with E-state index in [4.69, 9.17) is 0 Å². The monoisotopic (exact) mass is 249 g/mol. The SMILES string of the molecule is Cc1ccc(C)c(-c2nc(C)c(CS)s2)c1. The Labute approximate surface area is 106 Å². The molecular weight excluding hydrogens is 234 g/mol. The number of thiazole rings is 1. The van der Waals surface area contributed by atoms with Gasteiger partial charge in [-0.15, -0.1) is 11.3 Å². The third-order valence-electron chi connectivity index (χ3n) is 2.66. The number of aryl methyl sites for hydroxylation is 3. The van der Waals surface area contributed by atoms with Crippen molar-refractivity contribution in [3.8, 4) is 10.6 Å². The second-order valence-corrected chi connectivity index (χ2v) is 5.40. The highest BCUT2D eigenvalue weighted by molar-refractivity contribution is 7.79. The van der Waals surface area contributed by atoms with Crippen molar-refractivity contribution in [1.82, 2.24) is 4.98 Å². The van der Waals surface area contributed by atoms with Crippen LogP contribution in [0.15, 0.2) is 18.2 Å². The summed E-state index contributed by atoms with van der Waals surface area (Å²) in [7, 11) is 0. The van der Waals surface area contributed by atoms with Crippen molar-refractivity contribution in [3.05, 3.63) is 39.9 Å². The average molecular weight is 249 g/mol. The second-order valence-electron chi connectivity index (χ2n) is 4.00. The Morgan fingerprint density at radius 2 is 2.00 bits per heavy atom. The standard InChI is InChI=1S/C13H15NS2/c1-8-4-5-9(2)11(6-8)13-14-10(3)12(7-15)16-13/h4-6,15H,7H2,1-3H3. The van der Waals surface area contributed by atoms with Crippen molar-refractivity contribution in [2.24, 2.45) is 0 Å². The molecule has 0 unspecified atom stereocenters. The van der Waals surface area contributed by atoms with E-state index in [2.05, 4.69) is 56.6 Å². The molecule has 1 nitrogen and oxygen atoms in total. The Kier molecular flexibility index (Phi) is 3.36. The Bertz CT molecular complexity index is 515. The van der Waals surface area contributed by atoms with Gasteiger partial charge in [0.1, 0.15) is 5.01 Å². The summed E-state index contributed by atoms with van der Waals surface area (Å²) < 4.78 is 0. The van der Waals surface area contributed by atoms with Crippen molar-refractivity contribution in [2.75, 3.05) is 0 Å². The molecule has 1 heterocycles. The van der Waals surface area contributed by atoms with Gasteiger partial charge in [0, 0.05) is 16.2 Å². The molecule has 0 saturated heterocycles. The molecule has 0 fully saturated rings. The fourth-order valence-electron chi connectivity index (χ4n) is 1.66. The maximum atomic E-state index is 4.62. The van der Waals surface area contributed by atoms with E-state index in [1.165, 1.54) is 21.6 Å². The second kappa shape index (κ2) is 4.60. The van der Waals surface area contributed by atoms with E-state index in [9.17, 15) is 0 Å². The topological polar surface area (TPSA) is 12.9 Å². The van der Waals surface area contributed by atoms with E-state index >= 15 is 0 Å². The molecule has 0 bridgehead atoms. The molecule has 0 radical (unpaired) electrons. The first kappa shape index (κ1) is 11.7. The van der Waals surface area contributed by atoms with E-state index < -0.39 is 0 Å². The number of rotatable bonds is 2. The summed E-state index contributed by atoms with van der Waals surface area (Å²) in [6.45, 7) is 6.30. The van der Waals surface area contributed by atoms with Gasteiger partial charge in [-0.05, 0) is 32.4 Å². The number of hydrogen-bond acceptors (Lipinski definition) is 3. The van der Waals surface area contributed by atoms with Gasteiger partial charge < -0.3 is 0 Å². The van der Waals surface area contributed by atoms with E-state index in [0.29, 0.717) is 0 Å². The molecule has 0 aliphatic rings. The Morgan fingerprint density at radius 3 is 2.62 bits per heavy atom. The van der Waals surface area contributed by atoms with Crippen LogP contribution in [0.1, 0.15) is 21.7 Å². The molecular formula is C13H15NS2. The minimum atomic E-state index is 0.772. The molecule has 0 saturated carbocycles. The van der Waals surface area contributed by atoms with Crippen molar-refractivity contribution < 1.29 is 0 Å². The summed E-state index contributed by atoms with van der Waals surface area (Å²) in [5, 5.41) is 1.11. The van der Waals surface area contributed by atoms with Crippen LogP contribution in [0.25, 0.3) is 10.6 Å². The lowest BCUT2D eigenvalue weighted by molar-refractivity contribution is 1.22. The first-order valence-electron chi connectivity index (χ1n) is 5.26. The number of nitrogens with zero attached hydrogens (tertiary/aromatic N) is 1. The molecule has 1 aromatic heterocycles. The van der Waals surface area contributed by atoms with Crippen LogP contribution >= 0.6 is 24.0 Å². The summed E-state index contributed by atoms with van der Waals surface area (Å²) in [5.41, 5.74) is 4.92. The largest absolute Gasteiger partial charge is 0.241 e. The van der Waals surface area contributed by atoms with Crippen LogP contribution in [0, 0.1) is 20.8 Å². The molecule has 2 aromatic rings. The zero-order valence-corrected chi connectivity index (χ0v) is 11.5.